The van der Waals surface area contributed by atoms with E-state index >= 15 is 0 Å². The van der Waals surface area contributed by atoms with Crippen molar-refractivity contribution < 1.29 is 27.7 Å². The van der Waals surface area contributed by atoms with Crippen LogP contribution in [0.4, 0.5) is 5.69 Å². The first-order chi connectivity index (χ1) is 19.3. The SMILES string of the molecule is CC1C(CSc2cccc[n+]2[O-])OC(c2cccc(NS(=O)(=O)c3ccccc3)c2)OC1c1ccc(CO)cc1. The first-order valence-corrected chi connectivity index (χ1v) is 15.3. The fourth-order valence-electron chi connectivity index (χ4n) is 4.56. The van der Waals surface area contributed by atoms with Crippen LogP contribution >= 0.6 is 11.8 Å². The third-order valence-electron chi connectivity index (χ3n) is 6.77. The van der Waals surface area contributed by atoms with Crippen LogP contribution in [0, 0.1) is 11.1 Å². The Kier molecular flexibility index (Phi) is 8.72. The Morgan fingerprint density at radius 3 is 2.40 bits per heavy atom. The molecule has 0 amide bonds. The van der Waals surface area contributed by atoms with Crippen LogP contribution in [-0.2, 0) is 26.1 Å². The van der Waals surface area contributed by atoms with Crippen LogP contribution in [0.1, 0.15) is 36.0 Å². The van der Waals surface area contributed by atoms with Gasteiger partial charge in [-0.3, -0.25) is 4.72 Å². The minimum Gasteiger partial charge on any atom is -0.618 e. The summed E-state index contributed by atoms with van der Waals surface area (Å²) in [4.78, 5) is 0.166. The number of hydrogen-bond donors (Lipinski definition) is 2. The number of ether oxygens (including phenoxy) is 2. The minimum atomic E-state index is -3.77. The van der Waals surface area contributed by atoms with E-state index < -0.39 is 16.3 Å². The summed E-state index contributed by atoms with van der Waals surface area (Å²) in [6.07, 6.45) is 0.0705. The number of thioether (sulfide) groups is 1. The second-order valence-electron chi connectivity index (χ2n) is 9.54. The molecule has 1 aliphatic rings. The van der Waals surface area contributed by atoms with Crippen LogP contribution in [0.25, 0.3) is 0 Å². The van der Waals surface area contributed by atoms with Crippen molar-refractivity contribution in [2.24, 2.45) is 5.92 Å². The highest BCUT2D eigenvalue weighted by Gasteiger charge is 2.38. The topological polar surface area (TPSA) is 112 Å². The van der Waals surface area contributed by atoms with Gasteiger partial charge in [0.15, 0.2) is 12.5 Å². The first-order valence-electron chi connectivity index (χ1n) is 12.8. The molecule has 40 heavy (non-hydrogen) atoms. The number of benzene rings is 3. The Balaban J connectivity index is 1.41. The highest BCUT2D eigenvalue weighted by Crippen LogP contribution is 2.43. The predicted molar refractivity (Wildman–Crippen MR) is 153 cm³/mol. The third-order valence-corrected chi connectivity index (χ3v) is 9.28. The van der Waals surface area contributed by atoms with Crippen molar-refractivity contribution in [3.63, 3.8) is 0 Å². The summed E-state index contributed by atoms with van der Waals surface area (Å²) in [6.45, 7) is 2.00. The summed E-state index contributed by atoms with van der Waals surface area (Å²) in [5, 5.41) is 22.3. The molecule has 5 rings (SSSR count). The van der Waals surface area contributed by atoms with Gasteiger partial charge in [-0.1, -0.05) is 73.3 Å². The average Bonchev–Trinajstić information content (AvgIpc) is 2.98. The molecule has 208 valence electrons. The van der Waals surface area contributed by atoms with Gasteiger partial charge in [0.1, 0.15) is 0 Å². The van der Waals surface area contributed by atoms with Crippen molar-refractivity contribution in [1.82, 2.24) is 0 Å². The summed E-state index contributed by atoms with van der Waals surface area (Å²) < 4.78 is 42.2. The van der Waals surface area contributed by atoms with Crippen LogP contribution in [0.3, 0.4) is 0 Å². The number of nitrogens with one attached hydrogen (secondary N) is 1. The molecule has 1 aromatic heterocycles. The number of sulfonamides is 1. The highest BCUT2D eigenvalue weighted by molar-refractivity contribution is 7.99. The molecule has 0 bridgehead atoms. The maximum Gasteiger partial charge on any atom is 0.261 e. The molecular weight excluding hydrogens is 548 g/mol. The van der Waals surface area contributed by atoms with Crippen LogP contribution < -0.4 is 9.45 Å². The molecule has 0 radical (unpaired) electrons. The van der Waals surface area contributed by atoms with Crippen LogP contribution in [0.2, 0.25) is 0 Å². The first kappa shape index (κ1) is 28.1. The molecule has 4 atom stereocenters. The summed E-state index contributed by atoms with van der Waals surface area (Å²) in [7, 11) is -3.77. The van der Waals surface area contributed by atoms with Crippen molar-refractivity contribution in [2.75, 3.05) is 10.5 Å². The number of anilines is 1. The van der Waals surface area contributed by atoms with E-state index in [-0.39, 0.29) is 29.6 Å². The summed E-state index contributed by atoms with van der Waals surface area (Å²) >= 11 is 1.41. The standard InChI is InChI=1S/C30H30N2O6S2/c1-21-27(20-39-28-12-5-6-17-32(28)34)37-30(38-29(21)23-15-13-22(19-33)14-16-23)24-8-7-9-25(18-24)31-40(35,36)26-10-3-2-4-11-26/h2-18,21,27,29-31,33H,19-20H2,1H3. The Hall–Kier alpha value is -3.41. The molecule has 0 aliphatic carbocycles. The van der Waals surface area contributed by atoms with E-state index in [0.717, 1.165) is 15.9 Å². The zero-order valence-corrected chi connectivity index (χ0v) is 23.4. The molecule has 4 unspecified atom stereocenters. The highest BCUT2D eigenvalue weighted by atomic mass is 32.2. The number of hydrogen-bond acceptors (Lipinski definition) is 7. The lowest BCUT2D eigenvalue weighted by Gasteiger charge is -2.41. The molecule has 2 N–H and O–H groups in total. The number of aliphatic hydroxyl groups is 1. The molecule has 1 fully saturated rings. The van der Waals surface area contributed by atoms with Crippen molar-refractivity contribution >= 4 is 27.5 Å². The van der Waals surface area contributed by atoms with Crippen molar-refractivity contribution in [3.8, 4) is 0 Å². The van der Waals surface area contributed by atoms with Gasteiger partial charge in [-0.05, 0) is 41.5 Å². The van der Waals surface area contributed by atoms with Gasteiger partial charge in [-0.15, -0.1) is 0 Å². The smallest absolute Gasteiger partial charge is 0.261 e. The van der Waals surface area contributed by atoms with Crippen molar-refractivity contribution in [2.45, 2.75) is 42.0 Å². The Morgan fingerprint density at radius 2 is 1.68 bits per heavy atom. The van der Waals surface area contributed by atoms with E-state index in [1.807, 2.05) is 43.3 Å². The van der Waals surface area contributed by atoms with E-state index in [0.29, 0.717) is 22.0 Å². The maximum atomic E-state index is 12.9. The summed E-state index contributed by atoms with van der Waals surface area (Å²) in [5.41, 5.74) is 2.78. The molecule has 0 spiro atoms. The van der Waals surface area contributed by atoms with Gasteiger partial charge < -0.3 is 19.8 Å². The van der Waals surface area contributed by atoms with E-state index in [1.165, 1.54) is 30.1 Å². The maximum absolute atomic E-state index is 12.9. The van der Waals surface area contributed by atoms with Crippen molar-refractivity contribution in [1.29, 1.82) is 0 Å². The lowest BCUT2D eigenvalue weighted by Crippen LogP contribution is -2.39. The quantitative estimate of drug-likeness (QED) is 0.160. The van der Waals surface area contributed by atoms with Gasteiger partial charge in [-0.25, -0.2) is 8.42 Å². The normalized spacial score (nSPS) is 21.1. The van der Waals surface area contributed by atoms with Crippen LogP contribution in [0.15, 0.2) is 113 Å². The van der Waals surface area contributed by atoms with E-state index in [2.05, 4.69) is 4.72 Å². The van der Waals surface area contributed by atoms with Crippen LogP contribution in [0.5, 0.6) is 0 Å². The minimum absolute atomic E-state index is 0.0513. The fourth-order valence-corrected chi connectivity index (χ4v) is 6.71. The van der Waals surface area contributed by atoms with Gasteiger partial charge in [0.25, 0.3) is 15.0 Å². The van der Waals surface area contributed by atoms with E-state index in [1.54, 1.807) is 48.5 Å². The molecule has 2 heterocycles. The number of nitrogens with zero attached hydrogens (tertiary/aromatic N) is 1. The molecule has 4 aromatic rings. The summed E-state index contributed by atoms with van der Waals surface area (Å²) in [5.74, 6) is 0.450. The third kappa shape index (κ3) is 6.48. The number of pyridine rings is 1. The molecule has 8 nitrogen and oxygen atoms in total. The van der Waals surface area contributed by atoms with Gasteiger partial charge in [0, 0.05) is 35.1 Å². The van der Waals surface area contributed by atoms with Gasteiger partial charge >= 0.3 is 0 Å². The lowest BCUT2D eigenvalue weighted by atomic mass is 9.91. The van der Waals surface area contributed by atoms with Crippen LogP contribution in [-0.4, -0.2) is 25.4 Å². The number of aliphatic hydroxyl groups excluding tert-OH is 1. The van der Waals surface area contributed by atoms with Gasteiger partial charge in [0.2, 0.25) is 0 Å². The van der Waals surface area contributed by atoms with Gasteiger partial charge in [-0.2, -0.15) is 4.73 Å². The number of rotatable bonds is 9. The molecule has 1 saturated heterocycles. The summed E-state index contributed by atoms with van der Waals surface area (Å²) in [6, 6.07) is 28.0. The Bertz CT molecular complexity index is 1530. The number of aromatic nitrogens is 1. The lowest BCUT2D eigenvalue weighted by molar-refractivity contribution is -0.645. The second-order valence-corrected chi connectivity index (χ2v) is 12.3. The Morgan fingerprint density at radius 1 is 0.925 bits per heavy atom. The second kappa shape index (κ2) is 12.4. The molecule has 10 heteroatoms. The monoisotopic (exact) mass is 578 g/mol. The average molecular weight is 579 g/mol. The molecule has 0 saturated carbocycles. The zero-order chi connectivity index (χ0) is 28.1. The zero-order valence-electron chi connectivity index (χ0n) is 21.8. The van der Waals surface area contributed by atoms with Gasteiger partial charge in [0.05, 0.1) is 23.7 Å². The van der Waals surface area contributed by atoms with E-state index in [4.69, 9.17) is 9.47 Å². The predicted octanol–water partition coefficient (Wildman–Crippen LogP) is 5.20. The molecule has 1 aliphatic heterocycles. The molecular formula is C30H30N2O6S2. The van der Waals surface area contributed by atoms with Crippen molar-refractivity contribution in [3.05, 3.63) is 125 Å². The fraction of sp³-hybridized carbons (Fsp3) is 0.233. The Labute approximate surface area is 238 Å². The largest absolute Gasteiger partial charge is 0.618 e. The molecule has 3 aromatic carbocycles. The van der Waals surface area contributed by atoms with E-state index in [9.17, 15) is 18.7 Å².